The van der Waals surface area contributed by atoms with Gasteiger partial charge >= 0.3 is 127 Å². The van der Waals surface area contributed by atoms with Crippen LogP contribution in [0.25, 0.3) is 0 Å². The molecule has 0 saturated heterocycles. The SMILES string of the molecule is [Li][c]1cn(S(=O)(=O)N(C)C)c([Si](C)(C)C(C)(C)C)n1. The first-order chi connectivity index (χ1) is 8.31. The fourth-order valence-corrected chi connectivity index (χ4v) is 5.25. The first-order valence-corrected chi connectivity index (χ1v) is 10.7. The van der Waals surface area contributed by atoms with Gasteiger partial charge in [0.25, 0.3) is 0 Å². The van der Waals surface area contributed by atoms with E-state index in [1.54, 1.807) is 20.3 Å². The Morgan fingerprint density at radius 3 is 2.16 bits per heavy atom. The van der Waals surface area contributed by atoms with E-state index in [0.717, 1.165) is 4.37 Å². The summed E-state index contributed by atoms with van der Waals surface area (Å²) >= 11 is 1.83. The molecule has 8 heteroatoms. The summed E-state index contributed by atoms with van der Waals surface area (Å²) in [6.45, 7) is 10.8. The van der Waals surface area contributed by atoms with Gasteiger partial charge in [0.2, 0.25) is 0 Å². The van der Waals surface area contributed by atoms with Crippen LogP contribution >= 0.6 is 0 Å². The van der Waals surface area contributed by atoms with Crippen molar-refractivity contribution in [2.24, 2.45) is 0 Å². The first-order valence-electron chi connectivity index (χ1n) is 6.31. The third-order valence-corrected chi connectivity index (χ3v) is 11.0. The van der Waals surface area contributed by atoms with E-state index in [4.69, 9.17) is 0 Å². The summed E-state index contributed by atoms with van der Waals surface area (Å²) < 4.78 is 28.2. The molecule has 0 amide bonds. The van der Waals surface area contributed by atoms with Crippen molar-refractivity contribution >= 4 is 45.8 Å². The van der Waals surface area contributed by atoms with Crippen molar-refractivity contribution in [1.82, 2.24) is 13.3 Å². The fraction of sp³-hybridized carbons (Fsp3) is 0.727. The summed E-state index contributed by atoms with van der Waals surface area (Å²) in [6.07, 6.45) is 1.62. The van der Waals surface area contributed by atoms with Crippen LogP contribution in [0.5, 0.6) is 0 Å². The Labute approximate surface area is 126 Å². The molecule has 104 valence electrons. The van der Waals surface area contributed by atoms with Crippen LogP contribution in [-0.4, -0.2) is 61.6 Å². The number of imidazole rings is 1. The Bertz CT molecular complexity index is 573. The van der Waals surface area contributed by atoms with Gasteiger partial charge in [0.15, 0.2) is 0 Å². The molecule has 0 fully saturated rings. The van der Waals surface area contributed by atoms with Crippen molar-refractivity contribution in [2.75, 3.05) is 14.1 Å². The van der Waals surface area contributed by atoms with Crippen LogP contribution in [-0.2, 0) is 10.2 Å². The maximum absolute atomic E-state index is 12.4. The van der Waals surface area contributed by atoms with Crippen LogP contribution < -0.4 is 9.81 Å². The minimum absolute atomic E-state index is 0.0321. The molecule has 0 aliphatic carbocycles. The zero-order valence-electron chi connectivity index (χ0n) is 13.1. The van der Waals surface area contributed by atoms with E-state index in [2.05, 4.69) is 38.8 Å². The molecule has 1 aromatic heterocycles. The summed E-state index contributed by atoms with van der Waals surface area (Å²) in [5.74, 6) is 0. The van der Waals surface area contributed by atoms with Crippen LogP contribution in [0.15, 0.2) is 6.20 Å². The molecule has 0 spiro atoms. The van der Waals surface area contributed by atoms with Crippen LogP contribution in [0.4, 0.5) is 0 Å². The molecule has 0 radical (unpaired) electrons. The van der Waals surface area contributed by atoms with Crippen molar-refractivity contribution in [3.05, 3.63) is 6.20 Å². The summed E-state index contributed by atoms with van der Waals surface area (Å²) in [5.41, 5.74) is 0.714. The van der Waals surface area contributed by atoms with Gasteiger partial charge in [-0.05, 0) is 0 Å². The summed E-state index contributed by atoms with van der Waals surface area (Å²) in [6, 6.07) is 0. The van der Waals surface area contributed by atoms with E-state index in [-0.39, 0.29) is 5.04 Å². The predicted octanol–water partition coefficient (Wildman–Crippen LogP) is 0.0469. The number of hydrogen-bond acceptors (Lipinski definition) is 3. The monoisotopic (exact) mass is 295 g/mol. The molecule has 0 bridgehead atoms. The Morgan fingerprint density at radius 2 is 1.79 bits per heavy atom. The van der Waals surface area contributed by atoms with Crippen molar-refractivity contribution in [3.8, 4) is 0 Å². The molecule has 0 aliphatic rings. The molecule has 5 nitrogen and oxygen atoms in total. The van der Waals surface area contributed by atoms with Gasteiger partial charge in [-0.25, -0.2) is 0 Å². The molecule has 0 atom stereocenters. The topological polar surface area (TPSA) is 55.2 Å². The van der Waals surface area contributed by atoms with Gasteiger partial charge in [0, 0.05) is 0 Å². The Morgan fingerprint density at radius 1 is 1.32 bits per heavy atom. The van der Waals surface area contributed by atoms with Gasteiger partial charge in [-0.3, -0.25) is 0 Å². The third kappa shape index (κ3) is 3.00. The number of rotatable bonds is 3. The second kappa shape index (κ2) is 5.04. The zero-order valence-corrected chi connectivity index (χ0v) is 15.0. The summed E-state index contributed by atoms with van der Waals surface area (Å²) in [7, 11) is -2.44. The van der Waals surface area contributed by atoms with Gasteiger partial charge in [-0.2, -0.15) is 0 Å². The Hall–Kier alpha value is -0.0657. The summed E-state index contributed by atoms with van der Waals surface area (Å²) in [4.78, 5) is 4.52. The fourth-order valence-electron chi connectivity index (χ4n) is 1.58. The average Bonchev–Trinajstić information content (AvgIpc) is 2.59. The second-order valence-electron chi connectivity index (χ2n) is 6.67. The Balaban J connectivity index is 3.58. The molecular formula is C11H22LiN3O2SSi. The quantitative estimate of drug-likeness (QED) is 0.740. The second-order valence-corrected chi connectivity index (χ2v) is 13.9. The molecule has 1 rings (SSSR count). The van der Waals surface area contributed by atoms with Crippen LogP contribution in [0.1, 0.15) is 20.8 Å². The normalized spacial score (nSPS) is 14.2. The predicted molar refractivity (Wildman–Crippen MR) is 82.5 cm³/mol. The van der Waals surface area contributed by atoms with Crippen LogP contribution in [0, 0.1) is 0 Å². The van der Waals surface area contributed by atoms with Crippen molar-refractivity contribution in [2.45, 2.75) is 38.9 Å². The molecule has 0 unspecified atom stereocenters. The van der Waals surface area contributed by atoms with Crippen LogP contribution in [0.3, 0.4) is 0 Å². The third-order valence-electron chi connectivity index (χ3n) is 3.94. The van der Waals surface area contributed by atoms with E-state index >= 15 is 0 Å². The van der Waals surface area contributed by atoms with Crippen molar-refractivity contribution < 1.29 is 8.42 Å². The Kier molecular flexibility index (Phi) is 4.51. The molecule has 0 aromatic carbocycles. The zero-order chi connectivity index (χ0) is 15.2. The van der Waals surface area contributed by atoms with E-state index in [1.807, 2.05) is 17.7 Å². The van der Waals surface area contributed by atoms with Gasteiger partial charge < -0.3 is 0 Å². The standard InChI is InChI=1S/C11H22N3O2SSi.Li/c1-11(2,3)18(6,7)10-12-8-9-14(10)17(15,16)13(4)5;/h9H,1-7H3;. The molecule has 0 aliphatic heterocycles. The molecule has 0 saturated carbocycles. The molecule has 1 heterocycles. The number of aromatic nitrogens is 2. The van der Waals surface area contributed by atoms with Crippen molar-refractivity contribution in [1.29, 1.82) is 0 Å². The molecular weight excluding hydrogens is 273 g/mol. The average molecular weight is 295 g/mol. The van der Waals surface area contributed by atoms with E-state index in [0.29, 0.717) is 5.45 Å². The van der Waals surface area contributed by atoms with Crippen LogP contribution in [0.2, 0.25) is 18.1 Å². The van der Waals surface area contributed by atoms with Gasteiger partial charge in [-0.1, -0.05) is 0 Å². The number of hydrogen-bond donors (Lipinski definition) is 0. The molecule has 0 N–H and O–H groups in total. The molecule has 19 heavy (non-hydrogen) atoms. The molecule has 1 aromatic rings. The van der Waals surface area contributed by atoms with E-state index in [9.17, 15) is 8.42 Å². The van der Waals surface area contributed by atoms with Gasteiger partial charge in [-0.15, -0.1) is 0 Å². The minimum atomic E-state index is -3.51. The summed E-state index contributed by atoms with van der Waals surface area (Å²) in [5, 5.41) is 0.0321. The van der Waals surface area contributed by atoms with Gasteiger partial charge in [0.1, 0.15) is 0 Å². The first kappa shape index (κ1) is 17.0. The van der Waals surface area contributed by atoms with Gasteiger partial charge in [0.05, 0.1) is 0 Å². The number of nitrogens with zero attached hydrogens (tertiary/aromatic N) is 3. The maximum atomic E-state index is 12.4. The van der Waals surface area contributed by atoms with E-state index < -0.39 is 18.3 Å². The van der Waals surface area contributed by atoms with E-state index in [1.165, 1.54) is 8.28 Å². The van der Waals surface area contributed by atoms with Crippen molar-refractivity contribution in [3.63, 3.8) is 0 Å².